The first-order chi connectivity index (χ1) is 13.4. The largest absolute Gasteiger partial charge is 0.394 e. The molecule has 1 aliphatic rings. The van der Waals surface area contributed by atoms with Gasteiger partial charge in [0.25, 0.3) is 0 Å². The number of imidazole rings is 1. The van der Waals surface area contributed by atoms with Gasteiger partial charge in [0, 0.05) is 20.6 Å². The third-order valence-corrected chi connectivity index (χ3v) is 4.60. The maximum absolute atomic E-state index is 10.5. The van der Waals surface area contributed by atoms with Crippen LogP contribution in [0, 0.1) is 0 Å². The first-order valence-corrected chi connectivity index (χ1v) is 8.92. The molecule has 154 valence electrons. The van der Waals surface area contributed by atoms with Gasteiger partial charge in [-0.2, -0.15) is 0 Å². The van der Waals surface area contributed by atoms with E-state index in [1.54, 1.807) is 23.6 Å². The van der Waals surface area contributed by atoms with E-state index < -0.39 is 31.1 Å². The molecule has 0 unspecified atom stereocenters. The molecule has 4 atom stereocenters. The molecule has 0 aromatic carbocycles. The van der Waals surface area contributed by atoms with Crippen molar-refractivity contribution in [3.05, 3.63) is 18.0 Å². The molecular formula is C17H26N6O5. The summed E-state index contributed by atoms with van der Waals surface area (Å²) in [6, 6.07) is 0. The molecule has 3 rings (SSSR count). The summed E-state index contributed by atoms with van der Waals surface area (Å²) < 4.78 is 7.26. The number of aromatic nitrogens is 4. The molecule has 0 amide bonds. The Morgan fingerprint density at radius 2 is 2.04 bits per heavy atom. The van der Waals surface area contributed by atoms with E-state index in [1.165, 1.54) is 6.33 Å². The average molecular weight is 394 g/mol. The quantitative estimate of drug-likeness (QED) is 0.365. The van der Waals surface area contributed by atoms with Crippen molar-refractivity contribution in [2.75, 3.05) is 44.1 Å². The van der Waals surface area contributed by atoms with E-state index in [0.29, 0.717) is 29.5 Å². The molecule has 2 aromatic rings. The van der Waals surface area contributed by atoms with Gasteiger partial charge in [0.05, 0.1) is 13.2 Å². The van der Waals surface area contributed by atoms with E-state index in [9.17, 15) is 15.3 Å². The van der Waals surface area contributed by atoms with E-state index in [1.807, 2.05) is 13.0 Å². The highest BCUT2D eigenvalue weighted by Gasteiger charge is 2.45. The molecule has 11 heteroatoms. The van der Waals surface area contributed by atoms with Crippen LogP contribution in [0.1, 0.15) is 13.2 Å². The molecule has 0 spiro atoms. The van der Waals surface area contributed by atoms with Crippen LogP contribution in [-0.2, 0) is 4.74 Å². The lowest BCUT2D eigenvalue weighted by molar-refractivity contribution is -0.0503. The minimum Gasteiger partial charge on any atom is -0.394 e. The number of rotatable bonds is 7. The number of nitrogens with zero attached hydrogens (tertiary/aromatic N) is 5. The molecule has 0 radical (unpaired) electrons. The monoisotopic (exact) mass is 394 g/mol. The highest BCUT2D eigenvalue weighted by molar-refractivity contribution is 5.85. The van der Waals surface area contributed by atoms with Crippen LogP contribution in [0.25, 0.3) is 11.2 Å². The lowest BCUT2D eigenvalue weighted by Crippen LogP contribution is -2.33. The second-order valence-electron chi connectivity index (χ2n) is 6.89. The van der Waals surface area contributed by atoms with E-state index in [4.69, 9.17) is 9.84 Å². The van der Waals surface area contributed by atoms with Gasteiger partial charge in [0.1, 0.15) is 24.6 Å². The van der Waals surface area contributed by atoms with E-state index in [-0.39, 0.29) is 6.61 Å². The van der Waals surface area contributed by atoms with E-state index in [2.05, 4.69) is 20.3 Å². The van der Waals surface area contributed by atoms with Crippen molar-refractivity contribution in [2.24, 2.45) is 0 Å². The van der Waals surface area contributed by atoms with Gasteiger partial charge >= 0.3 is 0 Å². The Morgan fingerprint density at radius 3 is 2.64 bits per heavy atom. The van der Waals surface area contributed by atoms with Crippen molar-refractivity contribution in [2.45, 2.75) is 31.5 Å². The Labute approximate surface area is 161 Å². The summed E-state index contributed by atoms with van der Waals surface area (Å²) in [6.45, 7) is 1.82. The average Bonchev–Trinajstić information content (AvgIpc) is 3.20. The summed E-state index contributed by atoms with van der Waals surface area (Å²) in [6.07, 6.45) is -1.15. The van der Waals surface area contributed by atoms with Gasteiger partial charge in [-0.05, 0) is 6.92 Å². The predicted molar refractivity (Wildman–Crippen MR) is 102 cm³/mol. The number of fused-ring (bicyclic) bond motifs is 1. The van der Waals surface area contributed by atoms with Crippen LogP contribution in [0.15, 0.2) is 18.0 Å². The first kappa shape index (κ1) is 20.4. The van der Waals surface area contributed by atoms with Crippen LogP contribution in [0.2, 0.25) is 0 Å². The van der Waals surface area contributed by atoms with Gasteiger partial charge in [-0.25, -0.2) is 15.0 Å². The van der Waals surface area contributed by atoms with Gasteiger partial charge in [0.15, 0.2) is 23.2 Å². The van der Waals surface area contributed by atoms with Crippen LogP contribution in [-0.4, -0.2) is 92.1 Å². The molecular weight excluding hydrogens is 368 g/mol. The van der Waals surface area contributed by atoms with E-state index >= 15 is 0 Å². The van der Waals surface area contributed by atoms with Gasteiger partial charge in [-0.3, -0.25) is 4.57 Å². The summed E-state index contributed by atoms with van der Waals surface area (Å²) in [5.41, 5.74) is 1.71. The zero-order valence-corrected chi connectivity index (χ0v) is 16.0. The SMILES string of the molecule is C/C(=C\CNc1ncnc2c1nc(N(C)C)n2[C@@H]1O[C@H](CO)[C@@H](O)[C@H]1O)CO. The summed E-state index contributed by atoms with van der Waals surface area (Å²) in [7, 11) is 3.57. The molecule has 11 nitrogen and oxygen atoms in total. The highest BCUT2D eigenvalue weighted by Crippen LogP contribution is 2.36. The number of aliphatic hydroxyl groups excluding tert-OH is 4. The van der Waals surface area contributed by atoms with Crippen LogP contribution < -0.4 is 10.2 Å². The minimum atomic E-state index is -1.25. The molecule has 0 saturated carbocycles. The van der Waals surface area contributed by atoms with Crippen molar-refractivity contribution in [1.29, 1.82) is 0 Å². The summed E-state index contributed by atoms with van der Waals surface area (Å²) >= 11 is 0. The number of anilines is 2. The standard InChI is InChI=1S/C17H26N6O5/c1-9(6-24)4-5-18-14-11-15(20-8-19-14)23(17(21-11)22(2)3)16-13(27)12(26)10(7-25)28-16/h4,8,10,12-13,16,24-27H,5-7H2,1-3H3,(H,18,19,20)/b9-4+/t10-,12-,13-,16-/m1/s1. The topological polar surface area (TPSA) is 149 Å². The number of hydrogen-bond donors (Lipinski definition) is 5. The number of nitrogens with one attached hydrogen (secondary N) is 1. The fourth-order valence-electron chi connectivity index (χ4n) is 3.06. The molecule has 2 aromatic heterocycles. The molecule has 0 aliphatic carbocycles. The fourth-order valence-corrected chi connectivity index (χ4v) is 3.06. The minimum absolute atomic E-state index is 0.0223. The number of aliphatic hydroxyl groups is 4. The van der Waals surface area contributed by atoms with Crippen molar-refractivity contribution in [3.8, 4) is 0 Å². The second-order valence-corrected chi connectivity index (χ2v) is 6.89. The second kappa shape index (κ2) is 8.37. The molecule has 1 aliphatic heterocycles. The molecule has 1 fully saturated rings. The summed E-state index contributed by atoms with van der Waals surface area (Å²) in [5, 5.41) is 42.2. The maximum atomic E-state index is 10.5. The lowest BCUT2D eigenvalue weighted by atomic mass is 10.1. The maximum Gasteiger partial charge on any atom is 0.209 e. The number of hydrogen-bond acceptors (Lipinski definition) is 10. The summed E-state index contributed by atoms with van der Waals surface area (Å²) in [5.74, 6) is 0.941. The third-order valence-electron chi connectivity index (χ3n) is 4.60. The molecule has 0 bridgehead atoms. The van der Waals surface area contributed by atoms with Crippen molar-refractivity contribution in [3.63, 3.8) is 0 Å². The van der Waals surface area contributed by atoms with Gasteiger partial charge < -0.3 is 35.4 Å². The van der Waals surface area contributed by atoms with Gasteiger partial charge in [0.2, 0.25) is 5.95 Å². The van der Waals surface area contributed by atoms with E-state index in [0.717, 1.165) is 5.57 Å². The molecule has 5 N–H and O–H groups in total. The Hall–Kier alpha value is -2.31. The first-order valence-electron chi connectivity index (χ1n) is 8.92. The number of ether oxygens (including phenoxy) is 1. The zero-order valence-electron chi connectivity index (χ0n) is 16.0. The Kier molecular flexibility index (Phi) is 6.10. The third kappa shape index (κ3) is 3.66. The van der Waals surface area contributed by atoms with Crippen LogP contribution in [0.3, 0.4) is 0 Å². The zero-order chi connectivity index (χ0) is 20.4. The van der Waals surface area contributed by atoms with Gasteiger partial charge in [-0.15, -0.1) is 0 Å². The highest BCUT2D eigenvalue weighted by atomic mass is 16.6. The molecule has 28 heavy (non-hydrogen) atoms. The van der Waals surface area contributed by atoms with Crippen molar-refractivity contribution in [1.82, 2.24) is 19.5 Å². The smallest absolute Gasteiger partial charge is 0.209 e. The molecule has 1 saturated heterocycles. The summed E-state index contributed by atoms with van der Waals surface area (Å²) in [4.78, 5) is 14.8. The fraction of sp³-hybridized carbons (Fsp3) is 0.588. The van der Waals surface area contributed by atoms with Crippen molar-refractivity contribution < 1.29 is 25.2 Å². The Morgan fingerprint density at radius 1 is 1.29 bits per heavy atom. The van der Waals surface area contributed by atoms with Gasteiger partial charge in [-0.1, -0.05) is 11.6 Å². The molecule has 3 heterocycles. The lowest BCUT2D eigenvalue weighted by Gasteiger charge is -2.21. The van der Waals surface area contributed by atoms with Crippen LogP contribution in [0.5, 0.6) is 0 Å². The van der Waals surface area contributed by atoms with Crippen LogP contribution in [0.4, 0.5) is 11.8 Å². The Bertz CT molecular complexity index is 854. The van der Waals surface area contributed by atoms with Crippen molar-refractivity contribution >= 4 is 22.9 Å². The predicted octanol–water partition coefficient (Wildman–Crippen LogP) is -1.15. The normalized spacial score (nSPS) is 25.5. The Balaban J connectivity index is 2.03. The van der Waals surface area contributed by atoms with Crippen LogP contribution >= 0.6 is 0 Å².